The lowest BCUT2D eigenvalue weighted by molar-refractivity contribution is -0.152. The van der Waals surface area contributed by atoms with E-state index < -0.39 is 0 Å². The van der Waals surface area contributed by atoms with Crippen molar-refractivity contribution in [3.8, 4) is 0 Å². The fraction of sp³-hybridized carbons (Fsp3) is 0.571. The summed E-state index contributed by atoms with van der Waals surface area (Å²) >= 11 is 0. The van der Waals surface area contributed by atoms with Crippen LogP contribution in [0, 0.1) is 25.7 Å². The third-order valence-corrected chi connectivity index (χ3v) is 5.35. The Labute approximate surface area is 160 Å². The van der Waals surface area contributed by atoms with E-state index in [1.54, 1.807) is 16.7 Å². The van der Waals surface area contributed by atoms with Gasteiger partial charge in [-0.25, -0.2) is 0 Å². The van der Waals surface area contributed by atoms with Gasteiger partial charge in [0.25, 0.3) is 0 Å². The van der Waals surface area contributed by atoms with E-state index in [0.717, 1.165) is 29.7 Å². The minimum atomic E-state index is -0.348. The molecule has 0 saturated carbocycles. The molecule has 2 atom stereocenters. The van der Waals surface area contributed by atoms with Crippen molar-refractivity contribution < 1.29 is 19.1 Å². The molecule has 3 rings (SSSR count). The van der Waals surface area contributed by atoms with Gasteiger partial charge in [-0.2, -0.15) is 0 Å². The van der Waals surface area contributed by atoms with Crippen LogP contribution in [0.5, 0.6) is 0 Å². The molecule has 1 aromatic rings. The zero-order chi connectivity index (χ0) is 19.6. The molecule has 6 nitrogen and oxygen atoms in total. The lowest BCUT2D eigenvalue weighted by Crippen LogP contribution is -2.45. The molecule has 2 heterocycles. The van der Waals surface area contributed by atoms with Gasteiger partial charge in [0.1, 0.15) is 0 Å². The molecule has 0 radical (unpaired) electrons. The Morgan fingerprint density at radius 2 is 1.81 bits per heavy atom. The van der Waals surface area contributed by atoms with Gasteiger partial charge in [-0.15, -0.1) is 0 Å². The molecule has 0 N–H and O–H groups in total. The van der Waals surface area contributed by atoms with E-state index in [4.69, 9.17) is 4.74 Å². The molecule has 1 aromatic carbocycles. The van der Waals surface area contributed by atoms with Gasteiger partial charge in [-0.3, -0.25) is 14.4 Å². The van der Waals surface area contributed by atoms with Crippen LogP contribution in [0.2, 0.25) is 0 Å². The molecule has 146 valence electrons. The average molecular weight is 372 g/mol. The van der Waals surface area contributed by atoms with Crippen molar-refractivity contribution in [2.45, 2.75) is 40.0 Å². The first-order valence-electron chi connectivity index (χ1n) is 9.73. The summed E-state index contributed by atoms with van der Waals surface area (Å²) in [6.45, 7) is 7.59. The quantitative estimate of drug-likeness (QED) is 0.762. The maximum absolute atomic E-state index is 13.0. The van der Waals surface area contributed by atoms with Gasteiger partial charge in [-0.05, 0) is 56.9 Å². The second-order valence-electron chi connectivity index (χ2n) is 7.63. The highest BCUT2D eigenvalue weighted by molar-refractivity contribution is 6.00. The van der Waals surface area contributed by atoms with Crippen LogP contribution in [0.15, 0.2) is 18.2 Å². The highest BCUT2D eigenvalue weighted by atomic mass is 16.5. The SMILES string of the molecule is CCOC(=O)C1CCCN(C(=O)C2CC(=O)N(c3cc(C)cc(C)c3)C2)C1. The lowest BCUT2D eigenvalue weighted by Gasteiger charge is -2.33. The van der Waals surface area contributed by atoms with Gasteiger partial charge in [0.05, 0.1) is 18.4 Å². The molecule has 2 amide bonds. The second-order valence-corrected chi connectivity index (χ2v) is 7.63. The molecule has 0 spiro atoms. The van der Waals surface area contributed by atoms with Gasteiger partial charge >= 0.3 is 5.97 Å². The van der Waals surface area contributed by atoms with E-state index in [-0.39, 0.29) is 36.0 Å². The van der Waals surface area contributed by atoms with Crippen LogP contribution in [0.4, 0.5) is 5.69 Å². The van der Waals surface area contributed by atoms with Crippen LogP contribution in [-0.2, 0) is 19.1 Å². The van der Waals surface area contributed by atoms with E-state index >= 15 is 0 Å². The predicted octanol–water partition coefficient (Wildman–Crippen LogP) is 2.46. The molecule has 2 aliphatic rings. The van der Waals surface area contributed by atoms with Crippen LogP contribution >= 0.6 is 0 Å². The number of hydrogen-bond acceptors (Lipinski definition) is 4. The van der Waals surface area contributed by atoms with Crippen LogP contribution < -0.4 is 4.90 Å². The topological polar surface area (TPSA) is 66.9 Å². The van der Waals surface area contributed by atoms with Crippen molar-refractivity contribution in [3.63, 3.8) is 0 Å². The standard InChI is InChI=1S/C21H28N2O4/c1-4-27-21(26)16-6-5-7-22(12-16)20(25)17-11-19(24)23(13-17)18-9-14(2)8-15(3)10-18/h8-10,16-17H,4-7,11-13H2,1-3H3. The molecule has 0 aromatic heterocycles. The van der Waals surface area contributed by atoms with Crippen molar-refractivity contribution >= 4 is 23.5 Å². The van der Waals surface area contributed by atoms with Gasteiger partial charge in [0, 0.05) is 31.7 Å². The van der Waals surface area contributed by atoms with E-state index in [9.17, 15) is 14.4 Å². The van der Waals surface area contributed by atoms with E-state index in [2.05, 4.69) is 6.07 Å². The number of aryl methyl sites for hydroxylation is 2. The molecule has 27 heavy (non-hydrogen) atoms. The third-order valence-electron chi connectivity index (χ3n) is 5.35. The highest BCUT2D eigenvalue weighted by Crippen LogP contribution is 2.29. The second kappa shape index (κ2) is 8.11. The Morgan fingerprint density at radius 1 is 1.11 bits per heavy atom. The van der Waals surface area contributed by atoms with Crippen molar-refractivity contribution in [3.05, 3.63) is 29.3 Å². The Hall–Kier alpha value is -2.37. The number of likely N-dealkylation sites (tertiary alicyclic amines) is 1. The molecule has 2 aliphatic heterocycles. The Kier molecular flexibility index (Phi) is 5.82. The summed E-state index contributed by atoms with van der Waals surface area (Å²) in [5.74, 6) is -0.870. The number of hydrogen-bond donors (Lipinski definition) is 0. The number of nitrogens with zero attached hydrogens (tertiary/aromatic N) is 2. The van der Waals surface area contributed by atoms with Gasteiger partial charge in [0.2, 0.25) is 11.8 Å². The molecule has 6 heteroatoms. The number of esters is 1. The summed E-state index contributed by atoms with van der Waals surface area (Å²) in [5, 5.41) is 0. The smallest absolute Gasteiger partial charge is 0.310 e. The van der Waals surface area contributed by atoms with E-state index in [1.165, 1.54) is 0 Å². The molecule has 2 unspecified atom stereocenters. The number of anilines is 1. The van der Waals surface area contributed by atoms with Gasteiger partial charge < -0.3 is 14.5 Å². The van der Waals surface area contributed by atoms with Crippen molar-refractivity contribution in [2.75, 3.05) is 31.1 Å². The fourth-order valence-electron chi connectivity index (χ4n) is 4.12. The Bertz CT molecular complexity index is 725. The number of piperidine rings is 1. The van der Waals surface area contributed by atoms with Crippen LogP contribution in [-0.4, -0.2) is 48.9 Å². The number of ether oxygens (including phenoxy) is 1. The largest absolute Gasteiger partial charge is 0.466 e. The third kappa shape index (κ3) is 4.31. The summed E-state index contributed by atoms with van der Waals surface area (Å²) < 4.78 is 5.11. The summed E-state index contributed by atoms with van der Waals surface area (Å²) in [6, 6.07) is 6.03. The maximum Gasteiger partial charge on any atom is 0.310 e. The zero-order valence-electron chi connectivity index (χ0n) is 16.4. The molecule has 2 saturated heterocycles. The van der Waals surface area contributed by atoms with Crippen LogP contribution in [0.1, 0.15) is 37.3 Å². The molecule has 0 bridgehead atoms. The summed E-state index contributed by atoms with van der Waals surface area (Å²) in [6.07, 6.45) is 1.77. The fourth-order valence-corrected chi connectivity index (χ4v) is 4.12. The molecule has 2 fully saturated rings. The highest BCUT2D eigenvalue weighted by Gasteiger charge is 2.39. The minimum Gasteiger partial charge on any atom is -0.466 e. The van der Waals surface area contributed by atoms with Crippen LogP contribution in [0.25, 0.3) is 0 Å². The predicted molar refractivity (Wildman–Crippen MR) is 102 cm³/mol. The van der Waals surface area contributed by atoms with Gasteiger partial charge in [0.15, 0.2) is 0 Å². The average Bonchev–Trinajstić information content (AvgIpc) is 3.02. The van der Waals surface area contributed by atoms with Crippen molar-refractivity contribution in [1.82, 2.24) is 4.90 Å². The number of rotatable bonds is 4. The van der Waals surface area contributed by atoms with E-state index in [1.807, 2.05) is 26.0 Å². The molecular weight excluding hydrogens is 344 g/mol. The number of benzene rings is 1. The molecule has 0 aliphatic carbocycles. The lowest BCUT2D eigenvalue weighted by atomic mass is 9.96. The summed E-state index contributed by atoms with van der Waals surface area (Å²) in [5.41, 5.74) is 3.05. The first-order chi connectivity index (χ1) is 12.9. The number of carbonyl (C=O) groups excluding carboxylic acids is 3. The first-order valence-corrected chi connectivity index (χ1v) is 9.73. The van der Waals surface area contributed by atoms with Gasteiger partial charge in [-0.1, -0.05) is 6.07 Å². The summed E-state index contributed by atoms with van der Waals surface area (Å²) in [4.78, 5) is 41.0. The van der Waals surface area contributed by atoms with E-state index in [0.29, 0.717) is 26.2 Å². The normalized spacial score (nSPS) is 22.9. The monoisotopic (exact) mass is 372 g/mol. The minimum absolute atomic E-state index is 0.0164. The van der Waals surface area contributed by atoms with Crippen LogP contribution in [0.3, 0.4) is 0 Å². The Balaban J connectivity index is 1.67. The van der Waals surface area contributed by atoms with Crippen molar-refractivity contribution in [2.24, 2.45) is 11.8 Å². The van der Waals surface area contributed by atoms with Crippen molar-refractivity contribution in [1.29, 1.82) is 0 Å². The number of carbonyl (C=O) groups is 3. The first kappa shape index (κ1) is 19.4. The summed E-state index contributed by atoms with van der Waals surface area (Å²) in [7, 11) is 0. The zero-order valence-corrected chi connectivity index (χ0v) is 16.4. The maximum atomic E-state index is 13.0. The Morgan fingerprint density at radius 3 is 2.48 bits per heavy atom. The number of amides is 2. The molecular formula is C21H28N2O4.